The van der Waals surface area contributed by atoms with E-state index in [1.165, 1.54) is 11.1 Å². The number of benzene rings is 2. The average molecular weight is 360 g/mol. The summed E-state index contributed by atoms with van der Waals surface area (Å²) in [6.45, 7) is 1.92. The highest BCUT2D eigenvalue weighted by atomic mass is 79.9. The van der Waals surface area contributed by atoms with Gasteiger partial charge in [0.25, 0.3) is 0 Å². The van der Waals surface area contributed by atoms with Crippen molar-refractivity contribution in [2.24, 2.45) is 0 Å². The first-order chi connectivity index (χ1) is 10.7. The molecule has 0 bridgehead atoms. The fourth-order valence-electron chi connectivity index (χ4n) is 2.68. The molecule has 0 spiro atoms. The predicted octanol–water partition coefficient (Wildman–Crippen LogP) is 3.80. The van der Waals surface area contributed by atoms with Crippen molar-refractivity contribution in [3.63, 3.8) is 0 Å². The highest BCUT2D eigenvalue weighted by Gasteiger charge is 2.19. The first-order valence-electron chi connectivity index (χ1n) is 7.45. The minimum atomic E-state index is 0.157. The SMILES string of the molecule is O=C(CCOc1cccc(Br)c1)N1CCc2ccccc2C1. The van der Waals surface area contributed by atoms with E-state index in [1.54, 1.807) is 0 Å². The van der Waals surface area contributed by atoms with Gasteiger partial charge in [-0.05, 0) is 35.7 Å². The van der Waals surface area contributed by atoms with Crippen LogP contribution in [0, 0.1) is 0 Å². The second-order valence-electron chi connectivity index (χ2n) is 5.39. The lowest BCUT2D eigenvalue weighted by Gasteiger charge is -2.28. The lowest BCUT2D eigenvalue weighted by Crippen LogP contribution is -2.36. The molecule has 0 aliphatic carbocycles. The summed E-state index contributed by atoms with van der Waals surface area (Å²) < 4.78 is 6.62. The number of carbonyl (C=O) groups excluding carboxylic acids is 1. The van der Waals surface area contributed by atoms with Gasteiger partial charge in [-0.15, -0.1) is 0 Å². The van der Waals surface area contributed by atoms with Crippen molar-refractivity contribution in [2.75, 3.05) is 13.2 Å². The number of nitrogens with zero attached hydrogens (tertiary/aromatic N) is 1. The molecule has 0 saturated carbocycles. The van der Waals surface area contributed by atoms with Crippen molar-refractivity contribution in [2.45, 2.75) is 19.4 Å². The molecule has 0 atom stereocenters. The van der Waals surface area contributed by atoms with E-state index in [1.807, 2.05) is 35.2 Å². The maximum atomic E-state index is 12.3. The van der Waals surface area contributed by atoms with Gasteiger partial charge in [0.1, 0.15) is 5.75 Å². The number of rotatable bonds is 4. The van der Waals surface area contributed by atoms with Crippen LogP contribution >= 0.6 is 15.9 Å². The van der Waals surface area contributed by atoms with Crippen LogP contribution in [-0.4, -0.2) is 24.0 Å². The lowest BCUT2D eigenvalue weighted by atomic mass is 10.00. The molecule has 0 aromatic heterocycles. The first kappa shape index (κ1) is 15.1. The standard InChI is InChI=1S/C18H18BrNO2/c19-16-6-3-7-17(12-16)22-11-9-18(21)20-10-8-14-4-1-2-5-15(14)13-20/h1-7,12H,8-11,13H2. The molecule has 22 heavy (non-hydrogen) atoms. The van der Waals surface area contributed by atoms with Gasteiger partial charge in [-0.3, -0.25) is 4.79 Å². The highest BCUT2D eigenvalue weighted by molar-refractivity contribution is 9.10. The van der Waals surface area contributed by atoms with Crippen LogP contribution in [0.5, 0.6) is 5.75 Å². The Morgan fingerprint density at radius 2 is 1.95 bits per heavy atom. The summed E-state index contributed by atoms with van der Waals surface area (Å²) in [5.74, 6) is 0.940. The molecule has 3 nitrogen and oxygen atoms in total. The molecule has 1 amide bonds. The summed E-state index contributed by atoms with van der Waals surface area (Å²) in [5, 5.41) is 0. The molecule has 0 saturated heterocycles. The summed E-state index contributed by atoms with van der Waals surface area (Å²) in [6.07, 6.45) is 1.35. The smallest absolute Gasteiger partial charge is 0.226 e. The Kier molecular flexibility index (Phi) is 4.78. The third-order valence-corrected chi connectivity index (χ3v) is 4.36. The van der Waals surface area contributed by atoms with Crippen LogP contribution in [0.25, 0.3) is 0 Å². The molecule has 1 heterocycles. The van der Waals surface area contributed by atoms with Gasteiger partial charge in [0.05, 0.1) is 13.0 Å². The second-order valence-corrected chi connectivity index (χ2v) is 6.31. The minimum absolute atomic E-state index is 0.157. The molecule has 4 heteroatoms. The number of fused-ring (bicyclic) bond motifs is 1. The summed E-state index contributed by atoms with van der Waals surface area (Å²) in [5.41, 5.74) is 2.62. The van der Waals surface area contributed by atoms with E-state index in [2.05, 4.69) is 34.1 Å². The Balaban J connectivity index is 1.51. The van der Waals surface area contributed by atoms with E-state index < -0.39 is 0 Å². The average Bonchev–Trinajstić information content (AvgIpc) is 2.54. The Morgan fingerprint density at radius 1 is 1.14 bits per heavy atom. The van der Waals surface area contributed by atoms with Gasteiger partial charge >= 0.3 is 0 Å². The molecule has 0 fully saturated rings. The largest absolute Gasteiger partial charge is 0.493 e. The zero-order chi connectivity index (χ0) is 15.4. The van der Waals surface area contributed by atoms with Crippen LogP contribution in [0.4, 0.5) is 0 Å². The Hall–Kier alpha value is -1.81. The van der Waals surface area contributed by atoms with Crippen molar-refractivity contribution in [1.29, 1.82) is 0 Å². The molecule has 3 rings (SSSR count). The van der Waals surface area contributed by atoms with Gasteiger partial charge in [-0.1, -0.05) is 46.3 Å². The molecule has 114 valence electrons. The van der Waals surface area contributed by atoms with Crippen molar-refractivity contribution in [1.82, 2.24) is 4.90 Å². The Labute approximate surface area is 139 Å². The van der Waals surface area contributed by atoms with Gasteiger partial charge in [0.2, 0.25) is 5.91 Å². The molecule has 1 aliphatic heterocycles. The second kappa shape index (κ2) is 6.97. The predicted molar refractivity (Wildman–Crippen MR) is 89.8 cm³/mol. The van der Waals surface area contributed by atoms with E-state index in [0.717, 1.165) is 23.2 Å². The fourth-order valence-corrected chi connectivity index (χ4v) is 3.06. The maximum absolute atomic E-state index is 12.3. The van der Waals surface area contributed by atoms with Crippen molar-refractivity contribution < 1.29 is 9.53 Å². The maximum Gasteiger partial charge on any atom is 0.226 e. The molecule has 0 unspecified atom stereocenters. The van der Waals surface area contributed by atoms with E-state index >= 15 is 0 Å². The topological polar surface area (TPSA) is 29.5 Å². The van der Waals surface area contributed by atoms with E-state index in [9.17, 15) is 4.79 Å². The van der Waals surface area contributed by atoms with Crippen molar-refractivity contribution in [3.8, 4) is 5.75 Å². The molecular formula is C18H18BrNO2. The monoisotopic (exact) mass is 359 g/mol. The molecule has 0 radical (unpaired) electrons. The Morgan fingerprint density at radius 3 is 2.77 bits per heavy atom. The normalized spacial score (nSPS) is 13.6. The van der Waals surface area contributed by atoms with Crippen LogP contribution < -0.4 is 4.74 Å². The van der Waals surface area contributed by atoms with Crippen LogP contribution in [0.2, 0.25) is 0 Å². The number of hydrogen-bond donors (Lipinski definition) is 0. The zero-order valence-electron chi connectivity index (χ0n) is 12.3. The van der Waals surface area contributed by atoms with Gasteiger partial charge in [0, 0.05) is 17.6 Å². The summed E-state index contributed by atoms with van der Waals surface area (Å²) in [7, 11) is 0. The molecule has 2 aromatic carbocycles. The third-order valence-electron chi connectivity index (χ3n) is 3.86. The third kappa shape index (κ3) is 3.69. The molecule has 0 N–H and O–H groups in total. The lowest BCUT2D eigenvalue weighted by molar-refractivity contribution is -0.132. The van der Waals surface area contributed by atoms with Crippen molar-refractivity contribution in [3.05, 3.63) is 64.1 Å². The fraction of sp³-hybridized carbons (Fsp3) is 0.278. The number of amides is 1. The van der Waals surface area contributed by atoms with Crippen LogP contribution in [0.15, 0.2) is 53.0 Å². The van der Waals surface area contributed by atoms with E-state index in [0.29, 0.717) is 19.6 Å². The van der Waals surface area contributed by atoms with E-state index in [4.69, 9.17) is 4.74 Å². The van der Waals surface area contributed by atoms with Crippen LogP contribution in [0.3, 0.4) is 0 Å². The Bertz CT molecular complexity index is 672. The summed E-state index contributed by atoms with van der Waals surface area (Å²) in [4.78, 5) is 14.2. The molecule has 1 aliphatic rings. The van der Waals surface area contributed by atoms with Gasteiger partial charge in [-0.25, -0.2) is 0 Å². The minimum Gasteiger partial charge on any atom is -0.493 e. The highest BCUT2D eigenvalue weighted by Crippen LogP contribution is 2.20. The molecule has 2 aromatic rings. The van der Waals surface area contributed by atoms with Crippen LogP contribution in [-0.2, 0) is 17.8 Å². The van der Waals surface area contributed by atoms with Crippen molar-refractivity contribution >= 4 is 21.8 Å². The number of hydrogen-bond acceptors (Lipinski definition) is 2. The first-order valence-corrected chi connectivity index (χ1v) is 8.24. The number of halogens is 1. The van der Waals surface area contributed by atoms with Gasteiger partial charge < -0.3 is 9.64 Å². The number of ether oxygens (including phenoxy) is 1. The van der Waals surface area contributed by atoms with Crippen LogP contribution in [0.1, 0.15) is 17.5 Å². The van der Waals surface area contributed by atoms with E-state index in [-0.39, 0.29) is 5.91 Å². The zero-order valence-corrected chi connectivity index (χ0v) is 13.9. The number of carbonyl (C=O) groups is 1. The van der Waals surface area contributed by atoms with Gasteiger partial charge in [0.15, 0.2) is 0 Å². The quantitative estimate of drug-likeness (QED) is 0.830. The van der Waals surface area contributed by atoms with Gasteiger partial charge in [-0.2, -0.15) is 0 Å². The summed E-state index contributed by atoms with van der Waals surface area (Å²) in [6, 6.07) is 16.0. The molecular weight excluding hydrogens is 342 g/mol. The summed E-state index contributed by atoms with van der Waals surface area (Å²) >= 11 is 3.41.